The number of imidazole rings is 1. The van der Waals surface area contributed by atoms with Crippen LogP contribution in [0.25, 0.3) is 23.0 Å². The van der Waals surface area contributed by atoms with Crippen molar-refractivity contribution in [3.05, 3.63) is 71.7 Å². The van der Waals surface area contributed by atoms with Crippen LogP contribution in [-0.2, 0) is 13.6 Å². The first-order valence-electron chi connectivity index (χ1n) is 10.9. The van der Waals surface area contributed by atoms with Crippen LogP contribution < -0.4 is 10.6 Å². The number of benzene rings is 1. The van der Waals surface area contributed by atoms with E-state index in [0.717, 1.165) is 24.2 Å². The lowest BCUT2D eigenvalue weighted by Crippen LogP contribution is -2.26. The summed E-state index contributed by atoms with van der Waals surface area (Å²) >= 11 is 0. The molecular weight excluding hydrogens is 421 g/mol. The van der Waals surface area contributed by atoms with E-state index in [9.17, 15) is 9.18 Å². The van der Waals surface area contributed by atoms with Crippen molar-refractivity contribution in [3.8, 4) is 11.3 Å². The molecule has 0 spiro atoms. The van der Waals surface area contributed by atoms with Crippen molar-refractivity contribution in [2.24, 2.45) is 7.05 Å². The van der Waals surface area contributed by atoms with Crippen LogP contribution in [0, 0.1) is 5.82 Å². The molecule has 1 amide bonds. The largest absolute Gasteiger partial charge is 0.361 e. The smallest absolute Gasteiger partial charge is 0.254 e. The molecule has 1 aliphatic carbocycles. The van der Waals surface area contributed by atoms with Crippen molar-refractivity contribution in [1.82, 2.24) is 29.5 Å². The molecule has 4 aromatic rings. The molecule has 5 rings (SSSR count). The van der Waals surface area contributed by atoms with Gasteiger partial charge >= 0.3 is 0 Å². The first-order chi connectivity index (χ1) is 16.0. The summed E-state index contributed by atoms with van der Waals surface area (Å²) in [6, 6.07) is 6.75. The van der Waals surface area contributed by atoms with Gasteiger partial charge in [0.2, 0.25) is 0 Å². The molecule has 168 valence electrons. The van der Waals surface area contributed by atoms with Crippen LogP contribution in [0.15, 0.2) is 48.9 Å². The van der Waals surface area contributed by atoms with Crippen LogP contribution in [0.5, 0.6) is 0 Å². The molecular formula is C24H24FN7O. The molecule has 3 heterocycles. The fourth-order valence-electron chi connectivity index (χ4n) is 3.69. The molecule has 0 atom stereocenters. The molecule has 1 aliphatic rings. The number of nitrogens with one attached hydrogen (secondary N) is 2. The SMILES string of the molecule is CC=Cc1cn2c(-c3ccc(C(=O)NC4CC4)c(F)c3)cnc2c(NCc2ccnn2C)n1. The normalized spacial score (nSPS) is 13.7. The standard InChI is InChI=1S/C24H24FN7O/c1-3-4-17-14-32-21(15-5-8-19(20(25)11-15)24(33)30-16-6-7-16)13-27-23(32)22(29-17)26-12-18-9-10-28-31(18)2/h3-5,8-11,13-14,16H,6-7,12H2,1-2H3,(H,26,29)(H,30,33). The van der Waals surface area contributed by atoms with Gasteiger partial charge in [-0.3, -0.25) is 13.9 Å². The van der Waals surface area contributed by atoms with E-state index in [1.54, 1.807) is 23.1 Å². The second-order valence-corrected chi connectivity index (χ2v) is 8.09. The maximum atomic E-state index is 14.8. The van der Waals surface area contributed by atoms with Crippen LogP contribution >= 0.6 is 0 Å². The minimum atomic E-state index is -0.558. The van der Waals surface area contributed by atoms with Crippen LogP contribution in [0.3, 0.4) is 0 Å². The summed E-state index contributed by atoms with van der Waals surface area (Å²) in [6.45, 7) is 2.45. The number of aromatic nitrogens is 5. The molecule has 33 heavy (non-hydrogen) atoms. The van der Waals surface area contributed by atoms with Gasteiger partial charge in [0.05, 0.1) is 35.4 Å². The number of amides is 1. The maximum absolute atomic E-state index is 14.8. The number of aryl methyl sites for hydroxylation is 1. The Labute approximate surface area is 190 Å². The summed E-state index contributed by atoms with van der Waals surface area (Å²) in [4.78, 5) is 21.5. The molecule has 1 fully saturated rings. The molecule has 0 unspecified atom stereocenters. The molecule has 0 radical (unpaired) electrons. The first kappa shape index (κ1) is 20.9. The Balaban J connectivity index is 1.51. The van der Waals surface area contributed by atoms with E-state index >= 15 is 0 Å². The van der Waals surface area contributed by atoms with Crippen LogP contribution in [0.2, 0.25) is 0 Å². The third-order valence-electron chi connectivity index (χ3n) is 5.63. The van der Waals surface area contributed by atoms with Gasteiger partial charge in [-0.2, -0.15) is 5.10 Å². The molecule has 2 N–H and O–H groups in total. The predicted molar refractivity (Wildman–Crippen MR) is 124 cm³/mol. The topological polar surface area (TPSA) is 89.1 Å². The van der Waals surface area contributed by atoms with Crippen molar-refractivity contribution in [1.29, 1.82) is 0 Å². The zero-order valence-electron chi connectivity index (χ0n) is 18.4. The summed E-state index contributed by atoms with van der Waals surface area (Å²) in [5.41, 5.74) is 3.73. The van der Waals surface area contributed by atoms with E-state index in [2.05, 4.69) is 25.7 Å². The minimum Gasteiger partial charge on any atom is -0.361 e. The van der Waals surface area contributed by atoms with Gasteiger partial charge in [-0.25, -0.2) is 14.4 Å². The van der Waals surface area contributed by atoms with E-state index in [-0.39, 0.29) is 17.5 Å². The van der Waals surface area contributed by atoms with Crippen molar-refractivity contribution < 1.29 is 9.18 Å². The molecule has 1 aromatic carbocycles. The molecule has 0 bridgehead atoms. The van der Waals surface area contributed by atoms with Gasteiger partial charge in [-0.1, -0.05) is 12.1 Å². The van der Waals surface area contributed by atoms with Crippen molar-refractivity contribution >= 4 is 23.4 Å². The highest BCUT2D eigenvalue weighted by atomic mass is 19.1. The minimum absolute atomic E-state index is 0.0503. The van der Waals surface area contributed by atoms with E-state index in [1.807, 2.05) is 42.8 Å². The number of hydrogen-bond donors (Lipinski definition) is 2. The van der Waals surface area contributed by atoms with Gasteiger partial charge in [0.1, 0.15) is 5.82 Å². The second kappa shape index (κ2) is 8.50. The number of halogens is 1. The van der Waals surface area contributed by atoms with Gasteiger partial charge in [-0.15, -0.1) is 0 Å². The number of nitrogens with zero attached hydrogens (tertiary/aromatic N) is 5. The number of fused-ring (bicyclic) bond motifs is 1. The highest BCUT2D eigenvalue weighted by molar-refractivity contribution is 5.95. The van der Waals surface area contributed by atoms with E-state index in [1.165, 1.54) is 12.1 Å². The highest BCUT2D eigenvalue weighted by Crippen LogP contribution is 2.27. The van der Waals surface area contributed by atoms with E-state index in [0.29, 0.717) is 29.3 Å². The van der Waals surface area contributed by atoms with Gasteiger partial charge in [-0.05, 0) is 44.0 Å². The monoisotopic (exact) mass is 445 g/mol. The number of carbonyl (C=O) groups is 1. The number of allylic oxidation sites excluding steroid dienone is 1. The number of carbonyl (C=O) groups excluding carboxylic acids is 1. The Morgan fingerprint density at radius 3 is 2.85 bits per heavy atom. The van der Waals surface area contributed by atoms with Crippen molar-refractivity contribution in [3.63, 3.8) is 0 Å². The number of anilines is 1. The van der Waals surface area contributed by atoms with E-state index < -0.39 is 5.82 Å². The average molecular weight is 446 g/mol. The van der Waals surface area contributed by atoms with Crippen molar-refractivity contribution in [2.75, 3.05) is 5.32 Å². The lowest BCUT2D eigenvalue weighted by molar-refractivity contribution is 0.0947. The molecule has 9 heteroatoms. The first-order valence-corrected chi connectivity index (χ1v) is 10.9. The summed E-state index contributed by atoms with van der Waals surface area (Å²) in [5.74, 6) is -0.322. The Hall–Kier alpha value is -4.01. The predicted octanol–water partition coefficient (Wildman–Crippen LogP) is 3.81. The summed E-state index contributed by atoms with van der Waals surface area (Å²) in [5, 5.41) is 10.4. The van der Waals surface area contributed by atoms with Gasteiger partial charge in [0.25, 0.3) is 5.91 Å². The lowest BCUT2D eigenvalue weighted by atomic mass is 10.1. The molecule has 0 saturated heterocycles. The third-order valence-corrected chi connectivity index (χ3v) is 5.63. The Kier molecular flexibility index (Phi) is 5.37. The quantitative estimate of drug-likeness (QED) is 0.452. The zero-order chi connectivity index (χ0) is 22.9. The molecule has 3 aromatic heterocycles. The average Bonchev–Trinajstić information content (AvgIpc) is 3.35. The molecule has 1 saturated carbocycles. The zero-order valence-corrected chi connectivity index (χ0v) is 18.4. The van der Waals surface area contributed by atoms with Gasteiger partial charge < -0.3 is 10.6 Å². The number of rotatable bonds is 7. The Bertz CT molecular complexity index is 1370. The van der Waals surface area contributed by atoms with Crippen LogP contribution in [0.4, 0.5) is 10.2 Å². The van der Waals surface area contributed by atoms with E-state index in [4.69, 9.17) is 0 Å². The Morgan fingerprint density at radius 2 is 2.15 bits per heavy atom. The third kappa shape index (κ3) is 4.21. The van der Waals surface area contributed by atoms with Gasteiger partial charge in [0, 0.05) is 31.0 Å². The van der Waals surface area contributed by atoms with Gasteiger partial charge in [0.15, 0.2) is 11.5 Å². The number of hydrogen-bond acceptors (Lipinski definition) is 5. The molecule has 0 aliphatic heterocycles. The summed E-state index contributed by atoms with van der Waals surface area (Å²) in [7, 11) is 1.88. The van der Waals surface area contributed by atoms with Crippen LogP contribution in [-0.4, -0.2) is 36.1 Å². The maximum Gasteiger partial charge on any atom is 0.254 e. The Morgan fingerprint density at radius 1 is 1.30 bits per heavy atom. The fourth-order valence-corrected chi connectivity index (χ4v) is 3.69. The lowest BCUT2D eigenvalue weighted by Gasteiger charge is -2.11. The molecule has 8 nitrogen and oxygen atoms in total. The summed E-state index contributed by atoms with van der Waals surface area (Å²) < 4.78 is 18.5. The second-order valence-electron chi connectivity index (χ2n) is 8.09. The fraction of sp³-hybridized carbons (Fsp3) is 0.250. The summed E-state index contributed by atoms with van der Waals surface area (Å²) in [6.07, 6.45) is 11.0. The van der Waals surface area contributed by atoms with Crippen LogP contribution in [0.1, 0.15) is 41.5 Å². The van der Waals surface area contributed by atoms with Crippen molar-refractivity contribution in [2.45, 2.75) is 32.4 Å². The highest BCUT2D eigenvalue weighted by Gasteiger charge is 2.25.